The van der Waals surface area contributed by atoms with Gasteiger partial charge in [0.1, 0.15) is 23.9 Å². The molecule has 0 aromatic heterocycles. The molecular formula is C31H26O6. The summed E-state index contributed by atoms with van der Waals surface area (Å²) in [6.07, 6.45) is 0. The van der Waals surface area contributed by atoms with E-state index in [0.29, 0.717) is 35.0 Å². The largest absolute Gasteiger partial charge is 0.488 e. The Labute approximate surface area is 215 Å². The summed E-state index contributed by atoms with van der Waals surface area (Å²) in [5.41, 5.74) is 2.13. The molecule has 37 heavy (non-hydrogen) atoms. The summed E-state index contributed by atoms with van der Waals surface area (Å²) in [6.45, 7) is 0.473. The standard InChI is InChI=1S/C31H26O6/c1-34-30(32)29-28(21-15-16-26-27(17-21)37-19-36-26)22-11-5-6-12-23(22)31(29,33)24-13-7-8-14-25(24)35-18-20-9-3-2-4-10-20/h2-17,28-29,33H,18-19H2,1H3/t28-,29-,31+/m0/s1. The van der Waals surface area contributed by atoms with Crippen LogP contribution in [0, 0.1) is 5.92 Å². The Morgan fingerprint density at radius 2 is 1.59 bits per heavy atom. The highest BCUT2D eigenvalue weighted by Gasteiger charge is 2.58. The minimum absolute atomic E-state index is 0.149. The van der Waals surface area contributed by atoms with E-state index in [4.69, 9.17) is 18.9 Å². The Morgan fingerprint density at radius 3 is 2.41 bits per heavy atom. The van der Waals surface area contributed by atoms with Crippen LogP contribution >= 0.6 is 0 Å². The average molecular weight is 495 g/mol. The number of hydrogen-bond acceptors (Lipinski definition) is 6. The summed E-state index contributed by atoms with van der Waals surface area (Å²) in [5.74, 6) is -0.189. The van der Waals surface area contributed by atoms with Gasteiger partial charge in [-0.25, -0.2) is 0 Å². The number of para-hydroxylation sites is 1. The molecule has 2 aliphatic rings. The van der Waals surface area contributed by atoms with Crippen LogP contribution in [0.25, 0.3) is 0 Å². The predicted molar refractivity (Wildman–Crippen MR) is 137 cm³/mol. The fraction of sp³-hybridized carbons (Fsp3) is 0.194. The van der Waals surface area contributed by atoms with E-state index >= 15 is 0 Å². The summed E-state index contributed by atoms with van der Waals surface area (Å²) in [7, 11) is 1.35. The third kappa shape index (κ3) is 3.81. The fourth-order valence-corrected chi connectivity index (χ4v) is 5.57. The molecule has 1 heterocycles. The minimum Gasteiger partial charge on any atom is -0.488 e. The first kappa shape index (κ1) is 23.1. The lowest BCUT2D eigenvalue weighted by Crippen LogP contribution is -2.40. The molecule has 186 valence electrons. The van der Waals surface area contributed by atoms with Crippen molar-refractivity contribution >= 4 is 5.97 Å². The van der Waals surface area contributed by atoms with Crippen LogP contribution in [-0.2, 0) is 21.7 Å². The number of carbonyl (C=O) groups excluding carboxylic acids is 1. The van der Waals surface area contributed by atoms with E-state index in [-0.39, 0.29) is 6.79 Å². The van der Waals surface area contributed by atoms with Gasteiger partial charge in [0.15, 0.2) is 11.5 Å². The molecule has 0 spiro atoms. The molecule has 1 N–H and O–H groups in total. The van der Waals surface area contributed by atoms with Crippen molar-refractivity contribution in [2.75, 3.05) is 13.9 Å². The highest BCUT2D eigenvalue weighted by atomic mass is 16.7. The minimum atomic E-state index is -1.70. The quantitative estimate of drug-likeness (QED) is 0.373. The molecule has 4 aromatic rings. The van der Waals surface area contributed by atoms with Crippen molar-refractivity contribution in [3.8, 4) is 17.2 Å². The molecule has 0 saturated heterocycles. The Hall–Kier alpha value is -4.29. The Morgan fingerprint density at radius 1 is 0.892 bits per heavy atom. The molecule has 0 fully saturated rings. The van der Waals surface area contributed by atoms with E-state index in [9.17, 15) is 9.90 Å². The zero-order valence-electron chi connectivity index (χ0n) is 20.3. The highest BCUT2D eigenvalue weighted by molar-refractivity contribution is 5.81. The maximum absolute atomic E-state index is 13.5. The van der Waals surface area contributed by atoms with Crippen molar-refractivity contribution < 1.29 is 28.8 Å². The molecule has 4 aromatic carbocycles. The van der Waals surface area contributed by atoms with Gasteiger partial charge in [-0.1, -0.05) is 78.9 Å². The van der Waals surface area contributed by atoms with Gasteiger partial charge in [-0.2, -0.15) is 0 Å². The van der Waals surface area contributed by atoms with E-state index < -0.39 is 23.4 Å². The van der Waals surface area contributed by atoms with Crippen LogP contribution in [-0.4, -0.2) is 25.0 Å². The number of ether oxygens (including phenoxy) is 4. The molecule has 1 aliphatic heterocycles. The SMILES string of the molecule is COC(=O)[C@@H]1[C@@H](c2ccc3c(c2)OCO3)c2ccccc2[C@@]1(O)c1ccccc1OCc1ccccc1. The van der Waals surface area contributed by atoms with Gasteiger partial charge in [-0.05, 0) is 40.5 Å². The van der Waals surface area contributed by atoms with Crippen molar-refractivity contribution in [1.29, 1.82) is 0 Å². The predicted octanol–water partition coefficient (Wildman–Crippen LogP) is 5.16. The normalized spacial score (nSPS) is 21.4. The lowest BCUT2D eigenvalue weighted by Gasteiger charge is -2.33. The Balaban J connectivity index is 1.50. The average Bonchev–Trinajstić information content (AvgIpc) is 3.53. The summed E-state index contributed by atoms with van der Waals surface area (Å²) in [4.78, 5) is 13.5. The first-order valence-electron chi connectivity index (χ1n) is 12.2. The van der Waals surface area contributed by atoms with Gasteiger partial charge in [-0.15, -0.1) is 0 Å². The molecule has 0 unspecified atom stereocenters. The van der Waals surface area contributed by atoms with E-state index in [1.165, 1.54) is 7.11 Å². The maximum atomic E-state index is 13.5. The lowest BCUT2D eigenvalue weighted by molar-refractivity contribution is -0.153. The van der Waals surface area contributed by atoms with Crippen LogP contribution in [0.4, 0.5) is 0 Å². The summed E-state index contributed by atoms with van der Waals surface area (Å²) in [5, 5.41) is 12.6. The van der Waals surface area contributed by atoms with E-state index in [1.54, 1.807) is 0 Å². The topological polar surface area (TPSA) is 74.2 Å². The second kappa shape index (κ2) is 9.30. The van der Waals surface area contributed by atoms with Crippen LogP contribution in [0.2, 0.25) is 0 Å². The molecule has 1 aliphatic carbocycles. The number of esters is 1. The number of hydrogen-bond donors (Lipinski definition) is 1. The van der Waals surface area contributed by atoms with Gasteiger partial charge < -0.3 is 24.1 Å². The third-order valence-electron chi connectivity index (χ3n) is 7.24. The molecular weight excluding hydrogens is 468 g/mol. The van der Waals surface area contributed by atoms with Gasteiger partial charge >= 0.3 is 5.97 Å². The van der Waals surface area contributed by atoms with Crippen LogP contribution < -0.4 is 14.2 Å². The molecule has 3 atom stereocenters. The molecule has 6 rings (SSSR count). The van der Waals surface area contributed by atoms with E-state index in [1.807, 2.05) is 97.1 Å². The molecule has 6 heteroatoms. The molecule has 0 bridgehead atoms. The number of rotatable bonds is 6. The summed E-state index contributed by atoms with van der Waals surface area (Å²) < 4.78 is 22.6. The number of methoxy groups -OCH3 is 1. The Bertz CT molecular complexity index is 1450. The second-order valence-corrected chi connectivity index (χ2v) is 9.22. The lowest BCUT2D eigenvalue weighted by atomic mass is 9.76. The van der Waals surface area contributed by atoms with E-state index in [2.05, 4.69) is 0 Å². The van der Waals surface area contributed by atoms with Gasteiger partial charge in [0, 0.05) is 11.5 Å². The second-order valence-electron chi connectivity index (χ2n) is 9.22. The van der Waals surface area contributed by atoms with Gasteiger partial charge in [0.05, 0.1) is 7.11 Å². The van der Waals surface area contributed by atoms with E-state index in [0.717, 1.165) is 16.7 Å². The van der Waals surface area contributed by atoms with Crippen LogP contribution in [0.15, 0.2) is 97.1 Å². The summed E-state index contributed by atoms with van der Waals surface area (Å²) in [6, 6.07) is 30.4. The maximum Gasteiger partial charge on any atom is 0.313 e. The van der Waals surface area contributed by atoms with Crippen molar-refractivity contribution in [3.63, 3.8) is 0 Å². The monoisotopic (exact) mass is 494 g/mol. The highest BCUT2D eigenvalue weighted by Crippen LogP contribution is 2.57. The molecule has 0 saturated carbocycles. The number of fused-ring (bicyclic) bond motifs is 2. The number of carbonyl (C=O) groups is 1. The van der Waals surface area contributed by atoms with Gasteiger partial charge in [-0.3, -0.25) is 4.79 Å². The van der Waals surface area contributed by atoms with Gasteiger partial charge in [0.2, 0.25) is 6.79 Å². The zero-order valence-corrected chi connectivity index (χ0v) is 20.3. The van der Waals surface area contributed by atoms with Crippen molar-refractivity contribution in [2.24, 2.45) is 5.92 Å². The van der Waals surface area contributed by atoms with Crippen LogP contribution in [0.1, 0.15) is 33.7 Å². The molecule has 0 radical (unpaired) electrons. The Kier molecular flexibility index (Phi) is 5.81. The van der Waals surface area contributed by atoms with Crippen LogP contribution in [0.3, 0.4) is 0 Å². The van der Waals surface area contributed by atoms with Crippen molar-refractivity contribution in [2.45, 2.75) is 18.1 Å². The van der Waals surface area contributed by atoms with Crippen molar-refractivity contribution in [1.82, 2.24) is 0 Å². The van der Waals surface area contributed by atoms with Crippen molar-refractivity contribution in [3.05, 3.63) is 125 Å². The smallest absolute Gasteiger partial charge is 0.313 e. The van der Waals surface area contributed by atoms with Crippen LogP contribution in [0.5, 0.6) is 17.2 Å². The first-order valence-corrected chi connectivity index (χ1v) is 12.2. The number of aliphatic hydroxyl groups is 1. The summed E-state index contributed by atoms with van der Waals surface area (Å²) >= 11 is 0. The fourth-order valence-electron chi connectivity index (χ4n) is 5.57. The first-order chi connectivity index (χ1) is 18.1. The molecule has 0 amide bonds. The number of benzene rings is 4. The molecule has 6 nitrogen and oxygen atoms in total. The van der Waals surface area contributed by atoms with Gasteiger partial charge in [0.25, 0.3) is 0 Å². The zero-order chi connectivity index (χ0) is 25.4. The third-order valence-corrected chi connectivity index (χ3v) is 7.24.